The van der Waals surface area contributed by atoms with Crippen LogP contribution in [0.2, 0.25) is 10.0 Å². The summed E-state index contributed by atoms with van der Waals surface area (Å²) < 4.78 is 19.2. The number of unbranched alkanes of at least 4 members (excludes halogenated alkanes) is 1. The van der Waals surface area contributed by atoms with Crippen LogP contribution in [0.1, 0.15) is 19.8 Å². The zero-order chi connectivity index (χ0) is 15.3. The van der Waals surface area contributed by atoms with Crippen molar-refractivity contribution in [2.75, 3.05) is 6.61 Å². The molecule has 0 spiro atoms. The summed E-state index contributed by atoms with van der Waals surface area (Å²) in [5.74, 6) is 0. The summed E-state index contributed by atoms with van der Waals surface area (Å²) in [5, 5.41) is 2.50. The minimum absolute atomic E-state index is 0.457. The molecule has 0 atom stereocenters. The maximum Gasteiger partial charge on any atom is 0.261 e. The van der Waals surface area contributed by atoms with E-state index in [9.17, 15) is 4.57 Å². The van der Waals surface area contributed by atoms with E-state index in [-0.39, 0.29) is 0 Å². The molecular formula is C16H17Cl2O2P. The minimum Gasteiger partial charge on any atom is -0.322 e. The smallest absolute Gasteiger partial charge is 0.261 e. The summed E-state index contributed by atoms with van der Waals surface area (Å²) in [6, 6.07) is 13.9. The van der Waals surface area contributed by atoms with Gasteiger partial charge in [-0.1, -0.05) is 36.5 Å². The molecule has 0 saturated heterocycles. The fourth-order valence-corrected chi connectivity index (χ4v) is 4.23. The second-order valence-corrected chi connectivity index (χ2v) is 7.96. The summed E-state index contributed by atoms with van der Waals surface area (Å²) in [4.78, 5) is 0. The summed E-state index contributed by atoms with van der Waals surface area (Å²) >= 11 is 11.8. The van der Waals surface area contributed by atoms with Crippen molar-refractivity contribution < 1.29 is 9.09 Å². The molecule has 0 unspecified atom stereocenters. The third-order valence-corrected chi connectivity index (χ3v) is 6.11. The average Bonchev–Trinajstić information content (AvgIpc) is 2.48. The Bertz CT molecular complexity index is 574. The predicted molar refractivity (Wildman–Crippen MR) is 90.6 cm³/mol. The Balaban J connectivity index is 2.40. The molecule has 112 valence electrons. The number of hydrogen-bond donors (Lipinski definition) is 0. The summed E-state index contributed by atoms with van der Waals surface area (Å²) in [5.41, 5.74) is 0. The quantitative estimate of drug-likeness (QED) is 0.543. The van der Waals surface area contributed by atoms with Crippen LogP contribution in [-0.2, 0) is 9.09 Å². The summed E-state index contributed by atoms with van der Waals surface area (Å²) in [6.07, 6.45) is 1.85. The first-order chi connectivity index (χ1) is 10.1. The minimum atomic E-state index is -3.11. The normalized spacial score (nSPS) is 11.6. The highest BCUT2D eigenvalue weighted by Gasteiger charge is 2.28. The van der Waals surface area contributed by atoms with E-state index in [0.29, 0.717) is 27.3 Å². The van der Waals surface area contributed by atoms with Gasteiger partial charge >= 0.3 is 0 Å². The molecule has 2 rings (SSSR count). The highest BCUT2D eigenvalue weighted by molar-refractivity contribution is 7.74. The van der Waals surface area contributed by atoms with Crippen LogP contribution in [0.15, 0.2) is 48.5 Å². The fourth-order valence-electron chi connectivity index (χ4n) is 1.91. The van der Waals surface area contributed by atoms with Crippen LogP contribution in [0.4, 0.5) is 0 Å². The molecule has 0 saturated carbocycles. The molecule has 0 radical (unpaired) electrons. The van der Waals surface area contributed by atoms with E-state index < -0.39 is 7.37 Å². The van der Waals surface area contributed by atoms with Crippen LogP contribution in [0.3, 0.4) is 0 Å². The molecule has 0 fully saturated rings. The monoisotopic (exact) mass is 342 g/mol. The van der Waals surface area contributed by atoms with E-state index in [0.717, 1.165) is 12.8 Å². The van der Waals surface area contributed by atoms with Gasteiger partial charge in [-0.2, -0.15) is 0 Å². The zero-order valence-electron chi connectivity index (χ0n) is 11.8. The Morgan fingerprint density at radius 3 is 1.71 bits per heavy atom. The molecule has 0 heterocycles. The van der Waals surface area contributed by atoms with Gasteiger partial charge in [0.15, 0.2) is 0 Å². The maximum atomic E-state index is 13.4. The van der Waals surface area contributed by atoms with Crippen LogP contribution >= 0.6 is 30.6 Å². The molecule has 0 aliphatic heterocycles. The van der Waals surface area contributed by atoms with Gasteiger partial charge in [0.05, 0.1) is 6.61 Å². The van der Waals surface area contributed by atoms with Crippen LogP contribution < -0.4 is 10.6 Å². The summed E-state index contributed by atoms with van der Waals surface area (Å²) in [6.45, 7) is 2.53. The van der Waals surface area contributed by atoms with Crippen molar-refractivity contribution in [3.8, 4) is 0 Å². The fraction of sp³-hybridized carbons (Fsp3) is 0.250. The molecule has 0 N–H and O–H groups in total. The molecule has 0 bridgehead atoms. The van der Waals surface area contributed by atoms with E-state index in [1.165, 1.54) is 0 Å². The topological polar surface area (TPSA) is 26.3 Å². The van der Waals surface area contributed by atoms with Crippen LogP contribution in [0.25, 0.3) is 0 Å². The lowest BCUT2D eigenvalue weighted by atomic mass is 10.4. The van der Waals surface area contributed by atoms with E-state index in [1.54, 1.807) is 48.5 Å². The second-order valence-electron chi connectivity index (χ2n) is 4.69. The van der Waals surface area contributed by atoms with Gasteiger partial charge in [-0.05, 0) is 55.0 Å². The van der Waals surface area contributed by atoms with E-state index in [4.69, 9.17) is 27.7 Å². The van der Waals surface area contributed by atoms with Gasteiger partial charge in [-0.25, -0.2) is 0 Å². The van der Waals surface area contributed by atoms with Crippen LogP contribution in [0.5, 0.6) is 0 Å². The van der Waals surface area contributed by atoms with Crippen LogP contribution in [-0.4, -0.2) is 6.61 Å². The first-order valence-electron chi connectivity index (χ1n) is 6.83. The first-order valence-corrected chi connectivity index (χ1v) is 9.21. The van der Waals surface area contributed by atoms with Crippen molar-refractivity contribution >= 4 is 41.2 Å². The molecule has 0 amide bonds. The van der Waals surface area contributed by atoms with E-state index in [2.05, 4.69) is 6.92 Å². The standard InChI is InChI=1S/C16H17Cl2O2P/c1-2-3-12-20-21(19,15-8-4-13(17)5-9-15)16-10-6-14(18)7-11-16/h4-11H,2-3,12H2,1H3. The Morgan fingerprint density at radius 1 is 0.905 bits per heavy atom. The number of hydrogen-bond acceptors (Lipinski definition) is 2. The van der Waals surface area contributed by atoms with Crippen LogP contribution in [0, 0.1) is 0 Å². The number of halogens is 2. The van der Waals surface area contributed by atoms with Crippen molar-refractivity contribution in [3.05, 3.63) is 58.6 Å². The van der Waals surface area contributed by atoms with Crippen molar-refractivity contribution in [3.63, 3.8) is 0 Å². The highest BCUT2D eigenvalue weighted by atomic mass is 35.5. The van der Waals surface area contributed by atoms with Gasteiger partial charge in [-0.15, -0.1) is 0 Å². The van der Waals surface area contributed by atoms with Crippen molar-refractivity contribution in [2.24, 2.45) is 0 Å². The molecular weight excluding hydrogens is 326 g/mol. The van der Waals surface area contributed by atoms with Gasteiger partial charge in [-0.3, -0.25) is 4.57 Å². The maximum absolute atomic E-state index is 13.4. The number of benzene rings is 2. The van der Waals surface area contributed by atoms with Gasteiger partial charge in [0.1, 0.15) is 0 Å². The van der Waals surface area contributed by atoms with Crippen molar-refractivity contribution in [1.29, 1.82) is 0 Å². The van der Waals surface area contributed by atoms with Gasteiger partial charge in [0.2, 0.25) is 0 Å². The Labute approximate surface area is 135 Å². The Morgan fingerprint density at radius 2 is 1.33 bits per heavy atom. The largest absolute Gasteiger partial charge is 0.322 e. The molecule has 5 heteroatoms. The SMILES string of the molecule is CCCCOP(=O)(c1ccc(Cl)cc1)c1ccc(Cl)cc1. The molecule has 2 aromatic carbocycles. The van der Waals surface area contributed by atoms with Gasteiger partial charge in [0.25, 0.3) is 7.37 Å². The number of rotatable bonds is 6. The predicted octanol–water partition coefficient (Wildman–Crippen LogP) is 5.04. The van der Waals surface area contributed by atoms with Crippen molar-refractivity contribution in [2.45, 2.75) is 19.8 Å². The van der Waals surface area contributed by atoms with E-state index in [1.807, 2.05) is 0 Å². The molecule has 0 aliphatic rings. The lowest BCUT2D eigenvalue weighted by Crippen LogP contribution is -2.18. The zero-order valence-corrected chi connectivity index (χ0v) is 14.2. The van der Waals surface area contributed by atoms with Crippen molar-refractivity contribution in [1.82, 2.24) is 0 Å². The third kappa shape index (κ3) is 4.11. The van der Waals surface area contributed by atoms with Gasteiger partial charge in [0, 0.05) is 20.7 Å². The Hall–Kier alpha value is -0.790. The second kappa shape index (κ2) is 7.47. The third-order valence-electron chi connectivity index (χ3n) is 3.10. The molecule has 0 aromatic heterocycles. The first kappa shape index (κ1) is 16.6. The van der Waals surface area contributed by atoms with E-state index >= 15 is 0 Å². The molecule has 0 aliphatic carbocycles. The molecule has 21 heavy (non-hydrogen) atoms. The lowest BCUT2D eigenvalue weighted by Gasteiger charge is -2.19. The average molecular weight is 343 g/mol. The highest BCUT2D eigenvalue weighted by Crippen LogP contribution is 2.45. The summed E-state index contributed by atoms with van der Waals surface area (Å²) in [7, 11) is -3.11. The Kier molecular flexibility index (Phi) is 5.89. The molecule has 2 nitrogen and oxygen atoms in total. The lowest BCUT2D eigenvalue weighted by molar-refractivity contribution is 0.318. The van der Waals surface area contributed by atoms with Gasteiger partial charge < -0.3 is 4.52 Å². The molecule has 2 aromatic rings.